The predicted molar refractivity (Wildman–Crippen MR) is 100 cm³/mol. The van der Waals surface area contributed by atoms with Crippen LogP contribution in [0.2, 0.25) is 5.15 Å². The minimum Gasteiger partial charge on any atom is -0.501 e. The highest BCUT2D eigenvalue weighted by Gasteiger charge is 2.20. The first kappa shape index (κ1) is 18.3. The lowest BCUT2D eigenvalue weighted by Gasteiger charge is -2.25. The molecule has 2 heterocycles. The number of carbonyl (C=O) groups excluding carboxylic acids is 1. The van der Waals surface area contributed by atoms with Crippen LogP contribution in [-0.4, -0.2) is 48.3 Å². The highest BCUT2D eigenvalue weighted by atomic mass is 35.5. The van der Waals surface area contributed by atoms with E-state index in [1.807, 2.05) is 18.0 Å². The van der Waals surface area contributed by atoms with Gasteiger partial charge in [0.05, 0.1) is 25.7 Å². The summed E-state index contributed by atoms with van der Waals surface area (Å²) in [5.41, 5.74) is 3.06. The van der Waals surface area contributed by atoms with Crippen LogP contribution < -0.4 is 4.90 Å². The van der Waals surface area contributed by atoms with Crippen molar-refractivity contribution >= 4 is 34.4 Å². The van der Waals surface area contributed by atoms with Gasteiger partial charge in [0.2, 0.25) is 5.91 Å². The lowest BCUT2D eigenvalue weighted by atomic mass is 10.0. The Morgan fingerprint density at radius 3 is 2.77 bits per heavy atom. The zero-order valence-corrected chi connectivity index (χ0v) is 16.0. The molecule has 26 heavy (non-hydrogen) atoms. The number of nitrogens with zero attached hydrogens (tertiary/aromatic N) is 4. The zero-order valence-electron chi connectivity index (χ0n) is 15.2. The van der Waals surface area contributed by atoms with Crippen molar-refractivity contribution in [1.29, 1.82) is 0 Å². The molecule has 8 heteroatoms. The number of ether oxygens (including phenoxy) is 2. The van der Waals surface area contributed by atoms with E-state index < -0.39 is 0 Å². The number of methoxy groups -OCH3 is 2. The second-order valence-corrected chi connectivity index (χ2v) is 6.50. The minimum absolute atomic E-state index is 0.162. The Labute approximate surface area is 156 Å². The number of hydrogen-bond acceptors (Lipinski definition) is 6. The van der Waals surface area contributed by atoms with Gasteiger partial charge in [0, 0.05) is 39.1 Å². The molecule has 138 valence electrons. The van der Waals surface area contributed by atoms with Crippen LogP contribution in [0, 0.1) is 0 Å². The molecule has 0 saturated heterocycles. The van der Waals surface area contributed by atoms with Crippen LogP contribution in [0.4, 0.5) is 5.69 Å². The van der Waals surface area contributed by atoms with Crippen LogP contribution in [-0.2, 0) is 9.47 Å². The number of allylic oxidation sites excluding steroid dienone is 2. The van der Waals surface area contributed by atoms with E-state index in [-0.39, 0.29) is 5.91 Å². The smallest absolute Gasteiger partial charge is 0.230 e. The molecule has 7 nitrogen and oxygen atoms in total. The summed E-state index contributed by atoms with van der Waals surface area (Å²) < 4.78 is 12.2. The summed E-state index contributed by atoms with van der Waals surface area (Å²) in [6.07, 6.45) is 5.07. The highest BCUT2D eigenvalue weighted by molar-refractivity contribution is 6.30. The van der Waals surface area contributed by atoms with E-state index in [0.717, 1.165) is 35.6 Å². The summed E-state index contributed by atoms with van der Waals surface area (Å²) in [4.78, 5) is 22.4. The van der Waals surface area contributed by atoms with Gasteiger partial charge in [-0.3, -0.25) is 9.36 Å². The van der Waals surface area contributed by atoms with Crippen molar-refractivity contribution in [3.8, 4) is 0 Å². The molecule has 0 aromatic carbocycles. The fourth-order valence-corrected chi connectivity index (χ4v) is 3.26. The number of rotatable bonds is 5. The molecule has 0 radical (unpaired) electrons. The van der Waals surface area contributed by atoms with Crippen molar-refractivity contribution < 1.29 is 14.3 Å². The first-order chi connectivity index (χ1) is 12.4. The maximum Gasteiger partial charge on any atom is 0.230 e. The number of anilines is 1. The van der Waals surface area contributed by atoms with Crippen molar-refractivity contribution in [3.05, 3.63) is 40.7 Å². The Balaban J connectivity index is 1.98. The van der Waals surface area contributed by atoms with Crippen molar-refractivity contribution in [2.45, 2.75) is 19.8 Å². The number of fused-ring (bicyclic) bond motifs is 1. The van der Waals surface area contributed by atoms with Crippen molar-refractivity contribution in [1.82, 2.24) is 14.5 Å². The highest BCUT2D eigenvalue weighted by Crippen LogP contribution is 2.30. The van der Waals surface area contributed by atoms with Crippen LogP contribution in [0.15, 0.2) is 35.6 Å². The SMILES string of the molecule is COC1=CC(OC)=C(CN(C)c2cc(Cl)nc3c2ncn3C(C)=O)CC1. The van der Waals surface area contributed by atoms with Gasteiger partial charge >= 0.3 is 0 Å². The number of carbonyl (C=O) groups is 1. The average Bonchev–Trinajstić information content (AvgIpc) is 3.05. The molecule has 0 saturated carbocycles. The molecule has 0 fully saturated rings. The third-order valence-corrected chi connectivity index (χ3v) is 4.62. The van der Waals surface area contributed by atoms with Gasteiger partial charge in [-0.05, 0) is 12.0 Å². The summed E-state index contributed by atoms with van der Waals surface area (Å²) in [5.74, 6) is 1.55. The summed E-state index contributed by atoms with van der Waals surface area (Å²) in [5, 5.41) is 0.313. The van der Waals surface area contributed by atoms with Crippen molar-refractivity contribution in [2.75, 3.05) is 32.7 Å². The van der Waals surface area contributed by atoms with Crippen LogP contribution in [0.25, 0.3) is 11.2 Å². The third-order valence-electron chi connectivity index (χ3n) is 4.43. The summed E-state index contributed by atoms with van der Waals surface area (Å²) >= 11 is 6.19. The average molecular weight is 377 g/mol. The Morgan fingerprint density at radius 2 is 2.12 bits per heavy atom. The molecule has 0 amide bonds. The van der Waals surface area contributed by atoms with Crippen LogP contribution in [0.5, 0.6) is 0 Å². The van der Waals surface area contributed by atoms with E-state index >= 15 is 0 Å². The number of hydrogen-bond donors (Lipinski definition) is 0. The Bertz CT molecular complexity index is 917. The Kier molecular flexibility index (Phi) is 5.18. The first-order valence-electron chi connectivity index (χ1n) is 8.20. The van der Waals surface area contributed by atoms with Crippen LogP contribution in [0.1, 0.15) is 24.6 Å². The molecule has 1 aliphatic carbocycles. The van der Waals surface area contributed by atoms with E-state index in [0.29, 0.717) is 22.9 Å². The lowest BCUT2D eigenvalue weighted by molar-refractivity contribution is 0.0940. The molecule has 0 N–H and O–H groups in total. The molecule has 2 aromatic rings. The van der Waals surface area contributed by atoms with Crippen LogP contribution in [0.3, 0.4) is 0 Å². The van der Waals surface area contributed by atoms with E-state index in [1.54, 1.807) is 20.3 Å². The van der Waals surface area contributed by atoms with Gasteiger partial charge < -0.3 is 14.4 Å². The fraction of sp³-hybridized carbons (Fsp3) is 0.389. The summed E-state index contributed by atoms with van der Waals surface area (Å²) in [6.45, 7) is 2.10. The van der Waals surface area contributed by atoms with Gasteiger partial charge in [0.25, 0.3) is 0 Å². The largest absolute Gasteiger partial charge is 0.501 e. The summed E-state index contributed by atoms with van der Waals surface area (Å²) in [7, 11) is 5.27. The monoisotopic (exact) mass is 376 g/mol. The summed E-state index contributed by atoms with van der Waals surface area (Å²) in [6, 6.07) is 1.76. The number of halogens is 1. The number of aromatic nitrogens is 3. The first-order valence-corrected chi connectivity index (χ1v) is 8.58. The zero-order chi connectivity index (χ0) is 18.8. The number of imidazole rings is 1. The molecule has 0 bridgehead atoms. The molecule has 2 aromatic heterocycles. The van der Waals surface area contributed by atoms with E-state index in [9.17, 15) is 4.79 Å². The van der Waals surface area contributed by atoms with Gasteiger partial charge in [-0.2, -0.15) is 0 Å². The Hall–Kier alpha value is -2.54. The molecule has 0 aliphatic heterocycles. The van der Waals surface area contributed by atoms with Crippen molar-refractivity contribution in [2.24, 2.45) is 0 Å². The number of likely N-dealkylation sites (N-methyl/N-ethyl adjacent to an activating group) is 1. The molecule has 3 rings (SSSR count). The standard InChI is InChI=1S/C18H21ClN4O3/c1-11(24)23-10-20-17-14(8-16(19)21-18(17)23)22(2)9-12-5-6-13(25-3)7-15(12)26-4/h7-8,10H,5-6,9H2,1-4H3. The van der Waals surface area contributed by atoms with Gasteiger partial charge in [-0.25, -0.2) is 9.97 Å². The van der Waals surface area contributed by atoms with E-state index in [1.165, 1.54) is 17.8 Å². The normalized spacial score (nSPS) is 14.4. The second kappa shape index (κ2) is 7.37. The number of pyridine rings is 1. The maximum absolute atomic E-state index is 11.8. The maximum atomic E-state index is 11.8. The van der Waals surface area contributed by atoms with Crippen LogP contribution >= 0.6 is 11.6 Å². The molecule has 0 atom stereocenters. The molecular formula is C18H21ClN4O3. The van der Waals surface area contributed by atoms with Gasteiger partial charge in [0.1, 0.15) is 22.8 Å². The third kappa shape index (κ3) is 3.39. The predicted octanol–water partition coefficient (Wildman–Crippen LogP) is 3.41. The molecular weight excluding hydrogens is 356 g/mol. The van der Waals surface area contributed by atoms with E-state index in [4.69, 9.17) is 21.1 Å². The van der Waals surface area contributed by atoms with Gasteiger partial charge in [-0.1, -0.05) is 11.6 Å². The van der Waals surface area contributed by atoms with Gasteiger partial charge in [0.15, 0.2) is 5.65 Å². The lowest BCUT2D eigenvalue weighted by Crippen LogP contribution is -2.23. The quantitative estimate of drug-likeness (QED) is 0.745. The topological polar surface area (TPSA) is 69.5 Å². The van der Waals surface area contributed by atoms with Crippen molar-refractivity contribution in [3.63, 3.8) is 0 Å². The second-order valence-electron chi connectivity index (χ2n) is 6.11. The fourth-order valence-electron chi connectivity index (χ4n) is 3.08. The van der Waals surface area contributed by atoms with E-state index in [2.05, 4.69) is 9.97 Å². The Morgan fingerprint density at radius 1 is 1.35 bits per heavy atom. The molecule has 1 aliphatic rings. The molecule has 0 unspecified atom stereocenters. The van der Waals surface area contributed by atoms with Gasteiger partial charge in [-0.15, -0.1) is 0 Å². The minimum atomic E-state index is -0.162. The molecule has 0 spiro atoms.